The molecule has 66 valence electrons. The number of aliphatic hydroxyl groups excluding tert-OH is 1. The lowest BCUT2D eigenvalue weighted by Gasteiger charge is -2.24. The molecule has 0 radical (unpaired) electrons. The van der Waals surface area contributed by atoms with Crippen molar-refractivity contribution in [2.45, 2.75) is 45.3 Å². The molecule has 0 amide bonds. The van der Waals surface area contributed by atoms with E-state index in [1.165, 1.54) is 0 Å². The number of aliphatic hydroxyl groups is 2. The zero-order valence-corrected chi connectivity index (χ0v) is 7.59. The van der Waals surface area contributed by atoms with Gasteiger partial charge in [-0.3, -0.25) is 0 Å². The molecular formula is C9H18O2. The Bertz CT molecular complexity index is 133. The van der Waals surface area contributed by atoms with E-state index in [1.54, 1.807) is 13.8 Å². The van der Waals surface area contributed by atoms with Crippen LogP contribution in [0.1, 0.15) is 33.6 Å². The van der Waals surface area contributed by atoms with E-state index in [2.05, 4.69) is 6.58 Å². The first-order valence-corrected chi connectivity index (χ1v) is 3.89. The second-order valence-corrected chi connectivity index (χ2v) is 3.67. The van der Waals surface area contributed by atoms with Gasteiger partial charge in [-0.1, -0.05) is 5.57 Å². The maximum atomic E-state index is 9.34. The lowest BCUT2D eigenvalue weighted by Crippen LogP contribution is -2.35. The van der Waals surface area contributed by atoms with Crippen LogP contribution in [0, 0.1) is 0 Å². The fourth-order valence-corrected chi connectivity index (χ4v) is 0.736. The van der Waals surface area contributed by atoms with Crippen molar-refractivity contribution in [3.63, 3.8) is 0 Å². The Hall–Kier alpha value is -0.340. The lowest BCUT2D eigenvalue weighted by atomic mass is 9.96. The normalized spacial score (nSPS) is 14.6. The minimum absolute atomic E-state index is 0.582. The van der Waals surface area contributed by atoms with Crippen LogP contribution in [0.25, 0.3) is 0 Å². The van der Waals surface area contributed by atoms with Gasteiger partial charge in [-0.15, -0.1) is 6.58 Å². The van der Waals surface area contributed by atoms with Gasteiger partial charge in [0.25, 0.3) is 0 Å². The van der Waals surface area contributed by atoms with Gasteiger partial charge in [0, 0.05) is 0 Å². The van der Waals surface area contributed by atoms with Gasteiger partial charge in [0.05, 0.1) is 11.7 Å². The van der Waals surface area contributed by atoms with Gasteiger partial charge < -0.3 is 10.2 Å². The van der Waals surface area contributed by atoms with E-state index in [0.29, 0.717) is 6.42 Å². The van der Waals surface area contributed by atoms with E-state index in [4.69, 9.17) is 0 Å². The van der Waals surface area contributed by atoms with Crippen LogP contribution in [0.3, 0.4) is 0 Å². The first-order valence-electron chi connectivity index (χ1n) is 3.89. The summed E-state index contributed by atoms with van der Waals surface area (Å²) in [6.45, 7) is 8.84. The minimum atomic E-state index is -0.991. The Labute approximate surface area is 68.6 Å². The highest BCUT2D eigenvalue weighted by atomic mass is 16.3. The number of allylic oxidation sites excluding steroid dienone is 1. The van der Waals surface area contributed by atoms with E-state index in [-0.39, 0.29) is 0 Å². The Morgan fingerprint density at radius 3 is 2.27 bits per heavy atom. The first kappa shape index (κ1) is 10.7. The van der Waals surface area contributed by atoms with Crippen LogP contribution < -0.4 is 0 Å². The van der Waals surface area contributed by atoms with Crippen molar-refractivity contribution in [3.05, 3.63) is 12.2 Å². The molecule has 2 N–H and O–H groups in total. The summed E-state index contributed by atoms with van der Waals surface area (Å²) in [5, 5.41) is 18.7. The maximum Gasteiger partial charge on any atom is 0.0849 e. The molecule has 0 aliphatic rings. The Balaban J connectivity index is 3.70. The summed E-state index contributed by atoms with van der Waals surface area (Å²) in [7, 11) is 0. The molecule has 2 heteroatoms. The topological polar surface area (TPSA) is 40.5 Å². The third kappa shape index (κ3) is 4.99. The van der Waals surface area contributed by atoms with Crippen molar-refractivity contribution in [3.8, 4) is 0 Å². The van der Waals surface area contributed by atoms with Crippen molar-refractivity contribution in [1.29, 1.82) is 0 Å². The molecule has 0 saturated carbocycles. The van der Waals surface area contributed by atoms with Crippen LogP contribution in [-0.4, -0.2) is 21.9 Å². The fourth-order valence-electron chi connectivity index (χ4n) is 0.736. The summed E-state index contributed by atoms with van der Waals surface area (Å²) < 4.78 is 0. The first-order chi connectivity index (χ1) is 4.84. The molecule has 0 aromatic heterocycles. The highest BCUT2D eigenvalue weighted by Gasteiger charge is 2.23. The highest BCUT2D eigenvalue weighted by Crippen LogP contribution is 2.15. The number of hydrogen-bond donors (Lipinski definition) is 2. The average Bonchev–Trinajstić information content (AvgIpc) is 1.80. The van der Waals surface area contributed by atoms with Crippen LogP contribution in [-0.2, 0) is 0 Å². The molecule has 0 fully saturated rings. The second-order valence-electron chi connectivity index (χ2n) is 3.67. The monoisotopic (exact) mass is 158 g/mol. The Morgan fingerprint density at radius 2 is 2.00 bits per heavy atom. The molecule has 1 atom stereocenters. The van der Waals surface area contributed by atoms with Gasteiger partial charge in [0.2, 0.25) is 0 Å². The largest absolute Gasteiger partial charge is 0.390 e. The predicted octanol–water partition coefficient (Wildman–Crippen LogP) is 1.47. The third-order valence-corrected chi connectivity index (χ3v) is 1.66. The van der Waals surface area contributed by atoms with Gasteiger partial charge in [-0.2, -0.15) is 0 Å². The van der Waals surface area contributed by atoms with Gasteiger partial charge in [0.1, 0.15) is 0 Å². The van der Waals surface area contributed by atoms with Gasteiger partial charge in [-0.25, -0.2) is 0 Å². The fraction of sp³-hybridized carbons (Fsp3) is 0.778. The van der Waals surface area contributed by atoms with E-state index >= 15 is 0 Å². The summed E-state index contributed by atoms with van der Waals surface area (Å²) in [5.41, 5.74) is 0.0448. The minimum Gasteiger partial charge on any atom is -0.390 e. The molecule has 0 aliphatic heterocycles. The van der Waals surface area contributed by atoms with Crippen molar-refractivity contribution in [1.82, 2.24) is 0 Å². The average molecular weight is 158 g/mol. The molecular weight excluding hydrogens is 140 g/mol. The van der Waals surface area contributed by atoms with Crippen LogP contribution in [0.2, 0.25) is 0 Å². The van der Waals surface area contributed by atoms with E-state index in [1.807, 2.05) is 6.92 Å². The highest BCUT2D eigenvalue weighted by molar-refractivity contribution is 4.90. The molecule has 0 saturated heterocycles. The Morgan fingerprint density at radius 1 is 1.55 bits per heavy atom. The predicted molar refractivity (Wildman–Crippen MR) is 46.4 cm³/mol. The summed E-state index contributed by atoms with van der Waals surface area (Å²) in [6.07, 6.45) is 0.698. The second kappa shape index (κ2) is 3.88. The van der Waals surface area contributed by atoms with Crippen LogP contribution in [0.15, 0.2) is 12.2 Å². The van der Waals surface area contributed by atoms with E-state index in [0.717, 1.165) is 12.0 Å². The van der Waals surface area contributed by atoms with Crippen molar-refractivity contribution in [2.75, 3.05) is 0 Å². The molecule has 0 aromatic rings. The molecule has 0 aliphatic carbocycles. The molecule has 0 aromatic carbocycles. The zero-order chi connectivity index (χ0) is 9.07. The van der Waals surface area contributed by atoms with Gasteiger partial charge >= 0.3 is 0 Å². The summed E-state index contributed by atoms with van der Waals surface area (Å²) >= 11 is 0. The number of rotatable bonds is 4. The van der Waals surface area contributed by atoms with Crippen LogP contribution in [0.4, 0.5) is 0 Å². The standard InChI is InChI=1S/C9H18O2/c1-7(2)5-6-8(10)9(3,4)11/h8,10-11H,1,5-6H2,2-4H3/t8-/m0/s1. The zero-order valence-electron chi connectivity index (χ0n) is 7.59. The van der Waals surface area contributed by atoms with Crippen molar-refractivity contribution < 1.29 is 10.2 Å². The summed E-state index contributed by atoms with van der Waals surface area (Å²) in [6, 6.07) is 0. The Kier molecular flexibility index (Phi) is 3.76. The molecule has 11 heavy (non-hydrogen) atoms. The number of hydrogen-bond acceptors (Lipinski definition) is 2. The maximum absolute atomic E-state index is 9.34. The summed E-state index contributed by atoms with van der Waals surface area (Å²) in [5.74, 6) is 0. The molecule has 0 heterocycles. The van der Waals surface area contributed by atoms with Gasteiger partial charge in [-0.05, 0) is 33.6 Å². The smallest absolute Gasteiger partial charge is 0.0849 e. The van der Waals surface area contributed by atoms with Crippen molar-refractivity contribution in [2.24, 2.45) is 0 Å². The molecule has 0 bridgehead atoms. The van der Waals surface area contributed by atoms with Crippen molar-refractivity contribution >= 4 is 0 Å². The molecule has 2 nitrogen and oxygen atoms in total. The third-order valence-electron chi connectivity index (χ3n) is 1.66. The quantitative estimate of drug-likeness (QED) is 0.608. The molecule has 0 spiro atoms. The van der Waals surface area contributed by atoms with E-state index < -0.39 is 11.7 Å². The lowest BCUT2D eigenvalue weighted by molar-refractivity contribution is -0.0509. The molecule has 0 unspecified atom stereocenters. The van der Waals surface area contributed by atoms with E-state index in [9.17, 15) is 10.2 Å². The van der Waals surface area contributed by atoms with Crippen LogP contribution in [0.5, 0.6) is 0 Å². The molecule has 0 rings (SSSR count). The summed E-state index contributed by atoms with van der Waals surface area (Å²) in [4.78, 5) is 0. The SMILES string of the molecule is C=C(C)CC[C@H](O)C(C)(C)O. The van der Waals surface area contributed by atoms with Crippen LogP contribution >= 0.6 is 0 Å². The van der Waals surface area contributed by atoms with Gasteiger partial charge in [0.15, 0.2) is 0 Å².